The molecule has 5 heterocycles. The third-order valence-electron chi connectivity index (χ3n) is 12.1. The number of fused-ring (bicyclic) bond motifs is 8. The molecule has 0 atom stereocenters. The number of carboxylic acid groups (broad SMARTS) is 1. The van der Waals surface area contributed by atoms with Gasteiger partial charge in [0, 0.05) is 110 Å². The summed E-state index contributed by atoms with van der Waals surface area (Å²) in [5.41, 5.74) is 11.7. The minimum atomic E-state index is -1.24. The Hall–Kier alpha value is -9.95. The van der Waals surface area contributed by atoms with Crippen LogP contribution < -0.4 is 21.3 Å². The quantitative estimate of drug-likeness (QED) is 0.0699. The number of hydrogen-bond donors (Lipinski definition) is 7. The number of H-pyrrole nitrogens is 2. The standard InChI is InChI=1S/C58H44N8O6/c1-32(67)59-41-20-10-6-16-37(41)53-45-24-26-47(62-45)54(38-17-7-11-21-42(38)60-33(2)68)49-28-30-51(64-49)56(40-19-9-13-23-44(40)66-57(70)35-14-4-5-15-36(35)58(71)72)52-31-29-50(65-52)55(48-27-25-46(53)63-48)39-18-8-12-22-43(39)61-34(3)69/h4-31,62,65H,1-3H3,(H,59,67)(H,60,68)(H,61,69)(H,66,70)(H,71,72). The number of nitrogens with one attached hydrogen (secondary N) is 6. The summed E-state index contributed by atoms with van der Waals surface area (Å²) < 4.78 is 0. The van der Waals surface area contributed by atoms with Crippen molar-refractivity contribution in [1.29, 1.82) is 0 Å². The number of carboxylic acids is 1. The van der Waals surface area contributed by atoms with Crippen LogP contribution in [-0.2, 0) is 14.4 Å². The van der Waals surface area contributed by atoms with E-state index in [0.717, 1.165) is 0 Å². The van der Waals surface area contributed by atoms with Gasteiger partial charge < -0.3 is 36.3 Å². The van der Waals surface area contributed by atoms with E-state index in [1.54, 1.807) is 24.3 Å². The van der Waals surface area contributed by atoms with E-state index in [1.165, 1.54) is 32.9 Å². The van der Waals surface area contributed by atoms with E-state index in [1.807, 2.05) is 133 Å². The number of nitrogens with zero attached hydrogens (tertiary/aromatic N) is 2. The zero-order valence-corrected chi connectivity index (χ0v) is 39.0. The molecule has 14 heteroatoms. The van der Waals surface area contributed by atoms with Crippen molar-refractivity contribution < 1.29 is 29.1 Å². The van der Waals surface area contributed by atoms with Gasteiger partial charge in [0.15, 0.2) is 0 Å². The lowest BCUT2D eigenvalue weighted by molar-refractivity contribution is -0.115. The number of aromatic carboxylic acids is 1. The van der Waals surface area contributed by atoms with Gasteiger partial charge >= 0.3 is 5.97 Å². The predicted octanol–water partition coefficient (Wildman–Crippen LogP) is 12.1. The maximum absolute atomic E-state index is 14.1. The Bertz CT molecular complexity index is 3770. The molecule has 8 aromatic rings. The molecular formula is C58H44N8O6. The zero-order chi connectivity index (χ0) is 50.0. The van der Waals surface area contributed by atoms with Crippen LogP contribution in [0.1, 0.15) is 64.3 Å². The molecule has 2 aliphatic rings. The fourth-order valence-corrected chi connectivity index (χ4v) is 9.21. The summed E-state index contributed by atoms with van der Waals surface area (Å²) in [4.78, 5) is 82.6. The molecule has 0 saturated heterocycles. The Morgan fingerprint density at radius 1 is 0.375 bits per heavy atom. The van der Waals surface area contributed by atoms with Crippen LogP contribution in [0, 0.1) is 0 Å². The van der Waals surface area contributed by atoms with Gasteiger partial charge in [-0.05, 0) is 85.0 Å². The highest BCUT2D eigenvalue weighted by atomic mass is 16.4. The van der Waals surface area contributed by atoms with Gasteiger partial charge in [0.25, 0.3) is 5.91 Å². The molecule has 0 radical (unpaired) electrons. The summed E-state index contributed by atoms with van der Waals surface area (Å²) in [6.45, 7) is 4.35. The number of benzene rings is 5. The second kappa shape index (κ2) is 19.2. The van der Waals surface area contributed by atoms with E-state index in [4.69, 9.17) is 9.97 Å². The molecule has 8 bridgehead atoms. The summed E-state index contributed by atoms with van der Waals surface area (Å²) in [5, 5.41) is 22.0. The van der Waals surface area contributed by atoms with Crippen molar-refractivity contribution in [3.63, 3.8) is 0 Å². The van der Waals surface area contributed by atoms with Gasteiger partial charge in [-0.25, -0.2) is 14.8 Å². The lowest BCUT2D eigenvalue weighted by atomic mass is 10.0. The molecule has 5 aromatic carbocycles. The number of aromatic nitrogens is 4. The molecule has 4 amide bonds. The summed E-state index contributed by atoms with van der Waals surface area (Å²) in [6, 6.07) is 43.4. The number of amides is 4. The number of aromatic amines is 2. The summed E-state index contributed by atoms with van der Waals surface area (Å²) in [5.74, 6) is -2.63. The van der Waals surface area contributed by atoms with E-state index in [0.29, 0.717) is 112 Å². The van der Waals surface area contributed by atoms with Gasteiger partial charge in [0.05, 0.1) is 33.9 Å². The van der Waals surface area contributed by atoms with Crippen LogP contribution in [0.4, 0.5) is 22.7 Å². The van der Waals surface area contributed by atoms with Crippen LogP contribution in [0.15, 0.2) is 146 Å². The van der Waals surface area contributed by atoms with Crippen LogP contribution in [-0.4, -0.2) is 54.6 Å². The Morgan fingerprint density at radius 3 is 0.958 bits per heavy atom. The van der Waals surface area contributed by atoms with Crippen LogP contribution in [0.3, 0.4) is 0 Å². The van der Waals surface area contributed by atoms with Crippen molar-refractivity contribution in [2.45, 2.75) is 20.8 Å². The molecule has 352 valence electrons. The molecule has 72 heavy (non-hydrogen) atoms. The minimum Gasteiger partial charge on any atom is -0.478 e. The second-order valence-corrected chi connectivity index (χ2v) is 17.0. The number of anilines is 4. The first-order valence-electron chi connectivity index (χ1n) is 22.9. The molecule has 0 unspecified atom stereocenters. The van der Waals surface area contributed by atoms with Crippen LogP contribution in [0.5, 0.6) is 0 Å². The normalized spacial score (nSPS) is 11.5. The third kappa shape index (κ3) is 8.94. The summed E-state index contributed by atoms with van der Waals surface area (Å²) >= 11 is 0. The highest BCUT2D eigenvalue weighted by Crippen LogP contribution is 2.43. The Balaban J connectivity index is 1.36. The first-order valence-corrected chi connectivity index (χ1v) is 22.9. The lowest BCUT2D eigenvalue weighted by Gasteiger charge is -2.14. The Labute approximate surface area is 412 Å². The van der Waals surface area contributed by atoms with E-state index < -0.39 is 11.9 Å². The molecule has 7 N–H and O–H groups in total. The first kappa shape index (κ1) is 45.8. The average molecular weight is 949 g/mol. The molecule has 0 spiro atoms. The van der Waals surface area contributed by atoms with Gasteiger partial charge in [-0.2, -0.15) is 0 Å². The van der Waals surface area contributed by atoms with Crippen molar-refractivity contribution in [2.75, 3.05) is 21.3 Å². The van der Waals surface area contributed by atoms with Crippen LogP contribution in [0.25, 0.3) is 90.9 Å². The van der Waals surface area contributed by atoms with Crippen molar-refractivity contribution >= 4 is 98.7 Å². The molecule has 14 nitrogen and oxygen atoms in total. The molecule has 3 aromatic heterocycles. The number of carbonyl (C=O) groups is 5. The van der Waals surface area contributed by atoms with E-state index in [9.17, 15) is 29.1 Å². The smallest absolute Gasteiger partial charge is 0.336 e. The largest absolute Gasteiger partial charge is 0.478 e. The molecular weight excluding hydrogens is 905 g/mol. The summed E-state index contributed by atoms with van der Waals surface area (Å²) in [7, 11) is 0. The van der Waals surface area contributed by atoms with Gasteiger partial charge in [0.2, 0.25) is 17.7 Å². The van der Waals surface area contributed by atoms with Crippen molar-refractivity contribution in [3.8, 4) is 44.5 Å². The monoisotopic (exact) mass is 948 g/mol. The highest BCUT2D eigenvalue weighted by molar-refractivity contribution is 6.13. The lowest BCUT2D eigenvalue weighted by Crippen LogP contribution is -2.16. The van der Waals surface area contributed by atoms with E-state index >= 15 is 0 Å². The Morgan fingerprint density at radius 2 is 0.653 bits per heavy atom. The molecule has 10 rings (SSSR count). The maximum Gasteiger partial charge on any atom is 0.336 e. The van der Waals surface area contributed by atoms with Crippen molar-refractivity contribution in [2.24, 2.45) is 0 Å². The number of para-hydroxylation sites is 4. The zero-order valence-electron chi connectivity index (χ0n) is 39.0. The predicted molar refractivity (Wildman–Crippen MR) is 285 cm³/mol. The molecule has 0 saturated carbocycles. The highest BCUT2D eigenvalue weighted by Gasteiger charge is 2.24. The van der Waals surface area contributed by atoms with Gasteiger partial charge in [-0.3, -0.25) is 19.2 Å². The maximum atomic E-state index is 14.1. The second-order valence-electron chi connectivity index (χ2n) is 17.0. The van der Waals surface area contributed by atoms with Crippen molar-refractivity contribution in [1.82, 2.24) is 19.9 Å². The fraction of sp³-hybridized carbons (Fsp3) is 0.0517. The van der Waals surface area contributed by atoms with Gasteiger partial charge in [-0.15, -0.1) is 0 Å². The molecule has 2 aliphatic heterocycles. The number of rotatable bonds is 10. The molecule has 0 aliphatic carbocycles. The SMILES string of the molecule is CC(=O)Nc1ccccc1-c1c2nc(c(-c3ccccc3NC(C)=O)c3ccc([nH]3)c(-c3ccccc3NC(=O)c3ccccc3C(=O)O)c3nc(c(-c4ccccc4NC(C)=O)c4ccc1[nH]4)C=C3)C=C2. The van der Waals surface area contributed by atoms with E-state index in [-0.39, 0.29) is 28.8 Å². The fourth-order valence-electron chi connectivity index (χ4n) is 9.21. The van der Waals surface area contributed by atoms with Gasteiger partial charge in [0.1, 0.15) is 0 Å². The summed E-state index contributed by atoms with van der Waals surface area (Å²) in [6.07, 6.45) is 7.60. The van der Waals surface area contributed by atoms with Crippen LogP contribution in [0.2, 0.25) is 0 Å². The first-order chi connectivity index (χ1) is 34.9. The third-order valence-corrected chi connectivity index (χ3v) is 12.1. The Kier molecular flexibility index (Phi) is 12.2. The van der Waals surface area contributed by atoms with E-state index in [2.05, 4.69) is 31.2 Å². The number of hydrogen-bond acceptors (Lipinski definition) is 7. The van der Waals surface area contributed by atoms with Gasteiger partial charge in [-0.1, -0.05) is 84.9 Å². The topological polar surface area (TPSA) is 211 Å². The number of carbonyl (C=O) groups excluding carboxylic acids is 4. The molecule has 0 fully saturated rings. The van der Waals surface area contributed by atoms with Crippen molar-refractivity contribution in [3.05, 3.63) is 179 Å². The minimum absolute atomic E-state index is 0.0151. The van der Waals surface area contributed by atoms with Crippen LogP contribution >= 0.6 is 0 Å². The average Bonchev–Trinajstić information content (AvgIpc) is 4.22.